The number of aromatic nitrogens is 1. The van der Waals surface area contributed by atoms with Crippen LogP contribution in [0.5, 0.6) is 11.5 Å². The van der Waals surface area contributed by atoms with Crippen molar-refractivity contribution in [1.82, 2.24) is 9.99 Å². The van der Waals surface area contributed by atoms with Crippen LogP contribution in [0.15, 0.2) is 59.7 Å². The van der Waals surface area contributed by atoms with Crippen LogP contribution >= 0.6 is 11.6 Å². The van der Waals surface area contributed by atoms with Gasteiger partial charge in [-0.2, -0.15) is 5.10 Å². The lowest BCUT2D eigenvalue weighted by Crippen LogP contribution is -2.42. The first-order valence-electron chi connectivity index (χ1n) is 9.20. The Labute approximate surface area is 173 Å². The van der Waals surface area contributed by atoms with E-state index in [1.165, 1.54) is 0 Å². The maximum absolute atomic E-state index is 12.4. The molecular weight excluding hydrogens is 390 g/mol. The molecule has 4 rings (SSSR count). The van der Waals surface area contributed by atoms with Crippen molar-refractivity contribution in [3.05, 3.63) is 76.6 Å². The van der Waals surface area contributed by atoms with Crippen LogP contribution in [0.25, 0.3) is 5.69 Å². The summed E-state index contributed by atoms with van der Waals surface area (Å²) in [5, 5.41) is 4.77. The number of nitrogens with zero attached hydrogens (tertiary/aromatic N) is 2. The number of benzene rings is 2. The molecule has 1 amide bonds. The van der Waals surface area contributed by atoms with E-state index < -0.39 is 6.10 Å². The first kappa shape index (κ1) is 19.1. The van der Waals surface area contributed by atoms with Gasteiger partial charge >= 0.3 is 0 Å². The van der Waals surface area contributed by atoms with E-state index in [-0.39, 0.29) is 12.5 Å². The number of fused-ring (bicyclic) bond motifs is 1. The number of para-hydroxylation sites is 3. The Bertz CT molecular complexity index is 1090. The van der Waals surface area contributed by atoms with Crippen LogP contribution in [0.3, 0.4) is 0 Å². The fourth-order valence-electron chi connectivity index (χ4n) is 3.31. The molecule has 2 aromatic carbocycles. The van der Waals surface area contributed by atoms with Gasteiger partial charge in [-0.1, -0.05) is 35.9 Å². The zero-order valence-electron chi connectivity index (χ0n) is 16.1. The number of rotatable bonds is 4. The van der Waals surface area contributed by atoms with Gasteiger partial charge in [0.1, 0.15) is 6.61 Å². The largest absolute Gasteiger partial charge is 0.485 e. The van der Waals surface area contributed by atoms with Crippen LogP contribution in [0, 0.1) is 13.8 Å². The molecule has 0 saturated heterocycles. The summed E-state index contributed by atoms with van der Waals surface area (Å²) in [7, 11) is 0. The molecular formula is C22H20ClN3O3. The molecule has 0 aliphatic carbocycles. The third-order valence-corrected chi connectivity index (χ3v) is 5.06. The molecule has 1 atom stereocenters. The molecule has 2 heterocycles. The van der Waals surface area contributed by atoms with Crippen LogP contribution in [-0.2, 0) is 4.79 Å². The first-order chi connectivity index (χ1) is 14.0. The molecule has 3 aromatic rings. The highest BCUT2D eigenvalue weighted by Crippen LogP contribution is 2.31. The highest BCUT2D eigenvalue weighted by Gasteiger charge is 2.27. The van der Waals surface area contributed by atoms with Gasteiger partial charge in [0.25, 0.3) is 5.91 Å². The number of amides is 1. The van der Waals surface area contributed by atoms with E-state index in [2.05, 4.69) is 15.1 Å². The van der Waals surface area contributed by atoms with Gasteiger partial charge in [-0.15, -0.1) is 0 Å². The summed E-state index contributed by atoms with van der Waals surface area (Å²) >= 11 is 6.34. The second-order valence-corrected chi connectivity index (χ2v) is 7.12. The van der Waals surface area contributed by atoms with Gasteiger partial charge in [-0.05, 0) is 44.2 Å². The molecule has 0 saturated carbocycles. The van der Waals surface area contributed by atoms with Gasteiger partial charge < -0.3 is 14.0 Å². The number of carbonyl (C=O) groups excluding carboxylic acids is 1. The maximum Gasteiger partial charge on any atom is 0.284 e. The Morgan fingerprint density at radius 3 is 2.69 bits per heavy atom. The Morgan fingerprint density at radius 2 is 1.90 bits per heavy atom. The molecule has 1 aromatic heterocycles. The van der Waals surface area contributed by atoms with Crippen molar-refractivity contribution in [3.63, 3.8) is 0 Å². The van der Waals surface area contributed by atoms with Crippen LogP contribution in [0.2, 0.25) is 5.02 Å². The molecule has 1 aliphatic rings. The number of aryl methyl sites for hydroxylation is 1. The average Bonchev–Trinajstić information content (AvgIpc) is 3.01. The quantitative estimate of drug-likeness (QED) is 0.522. The molecule has 0 spiro atoms. The second kappa shape index (κ2) is 8.01. The van der Waals surface area contributed by atoms with Gasteiger partial charge in [0, 0.05) is 17.0 Å². The van der Waals surface area contributed by atoms with Crippen molar-refractivity contribution < 1.29 is 14.3 Å². The normalized spacial score (nSPS) is 15.5. The van der Waals surface area contributed by atoms with Crippen molar-refractivity contribution >= 4 is 23.7 Å². The van der Waals surface area contributed by atoms with Gasteiger partial charge in [0.15, 0.2) is 11.5 Å². The molecule has 0 fully saturated rings. The molecule has 6 nitrogen and oxygen atoms in total. The topological polar surface area (TPSA) is 64.8 Å². The molecule has 0 bridgehead atoms. The average molecular weight is 410 g/mol. The number of hydrogen-bond acceptors (Lipinski definition) is 4. The van der Waals surface area contributed by atoms with Crippen molar-refractivity contribution in [1.29, 1.82) is 0 Å². The third-order valence-electron chi connectivity index (χ3n) is 4.74. The fraction of sp³-hybridized carbons (Fsp3) is 0.182. The Hall–Kier alpha value is -3.25. The summed E-state index contributed by atoms with van der Waals surface area (Å²) in [4.78, 5) is 12.4. The van der Waals surface area contributed by atoms with Gasteiger partial charge in [0.2, 0.25) is 6.10 Å². The predicted molar refractivity (Wildman–Crippen MR) is 112 cm³/mol. The van der Waals surface area contributed by atoms with E-state index >= 15 is 0 Å². The summed E-state index contributed by atoms with van der Waals surface area (Å²) in [6.07, 6.45) is 0.864. The second-order valence-electron chi connectivity index (χ2n) is 6.71. The van der Waals surface area contributed by atoms with E-state index in [0.29, 0.717) is 16.5 Å². The minimum absolute atomic E-state index is 0.138. The molecule has 1 unspecified atom stereocenters. The minimum atomic E-state index is -0.752. The molecule has 148 valence electrons. The summed E-state index contributed by atoms with van der Waals surface area (Å²) in [6, 6.07) is 16.9. The number of ether oxygens (including phenoxy) is 2. The van der Waals surface area contributed by atoms with Gasteiger partial charge in [0.05, 0.1) is 16.9 Å². The highest BCUT2D eigenvalue weighted by molar-refractivity contribution is 6.32. The summed E-state index contributed by atoms with van der Waals surface area (Å²) < 4.78 is 13.3. The summed E-state index contributed by atoms with van der Waals surface area (Å²) in [5.41, 5.74) is 6.30. The third kappa shape index (κ3) is 3.84. The zero-order chi connectivity index (χ0) is 20.4. The van der Waals surface area contributed by atoms with E-state index in [1.54, 1.807) is 18.3 Å². The first-order valence-corrected chi connectivity index (χ1v) is 9.57. The molecule has 1 aliphatic heterocycles. The summed E-state index contributed by atoms with van der Waals surface area (Å²) in [6.45, 7) is 4.12. The fourth-order valence-corrected chi connectivity index (χ4v) is 3.53. The van der Waals surface area contributed by atoms with Crippen LogP contribution in [-0.4, -0.2) is 29.4 Å². The molecule has 0 radical (unpaired) electrons. The predicted octanol–water partition coefficient (Wildman–Crippen LogP) is 4.04. The molecule has 29 heavy (non-hydrogen) atoms. The number of hydrazone groups is 1. The lowest BCUT2D eigenvalue weighted by Gasteiger charge is -2.24. The summed E-state index contributed by atoms with van der Waals surface area (Å²) in [5.74, 6) is 0.814. The Balaban J connectivity index is 1.46. The Kier molecular flexibility index (Phi) is 5.27. The minimum Gasteiger partial charge on any atom is -0.485 e. The van der Waals surface area contributed by atoms with Gasteiger partial charge in [-0.25, -0.2) is 5.43 Å². The van der Waals surface area contributed by atoms with Gasteiger partial charge in [-0.3, -0.25) is 4.79 Å². The van der Waals surface area contributed by atoms with Crippen molar-refractivity contribution in [3.8, 4) is 17.2 Å². The highest BCUT2D eigenvalue weighted by atomic mass is 35.5. The lowest BCUT2D eigenvalue weighted by atomic mass is 10.2. The SMILES string of the molecule is Cc1cc(/C=N/NC(=O)C2COc3ccccc3O2)c(C)n1-c1ccccc1Cl. The zero-order valence-corrected chi connectivity index (χ0v) is 16.8. The molecule has 7 heteroatoms. The number of carbonyl (C=O) groups is 1. The van der Waals surface area contributed by atoms with E-state index in [0.717, 1.165) is 22.6 Å². The Morgan fingerprint density at radius 1 is 1.17 bits per heavy atom. The van der Waals surface area contributed by atoms with Crippen molar-refractivity contribution in [2.75, 3.05) is 6.61 Å². The van der Waals surface area contributed by atoms with E-state index in [1.807, 2.05) is 56.3 Å². The van der Waals surface area contributed by atoms with Crippen LogP contribution in [0.4, 0.5) is 0 Å². The number of nitrogens with one attached hydrogen (secondary N) is 1. The van der Waals surface area contributed by atoms with Crippen molar-refractivity contribution in [2.24, 2.45) is 5.10 Å². The number of halogens is 1. The van der Waals surface area contributed by atoms with E-state index in [4.69, 9.17) is 21.1 Å². The molecule has 1 N–H and O–H groups in total. The smallest absolute Gasteiger partial charge is 0.284 e. The van der Waals surface area contributed by atoms with Crippen LogP contribution in [0.1, 0.15) is 17.0 Å². The maximum atomic E-state index is 12.4. The number of hydrogen-bond donors (Lipinski definition) is 1. The monoisotopic (exact) mass is 409 g/mol. The standard InChI is InChI=1S/C22H20ClN3O3/c1-14-11-16(15(2)26(14)18-8-4-3-7-17(18)23)12-24-25-22(27)21-13-28-19-9-5-6-10-20(19)29-21/h3-12,21H,13H2,1-2H3,(H,25,27)/b24-12+. The van der Waals surface area contributed by atoms with Crippen molar-refractivity contribution in [2.45, 2.75) is 20.0 Å². The van der Waals surface area contributed by atoms with E-state index in [9.17, 15) is 4.79 Å². The van der Waals surface area contributed by atoms with Crippen LogP contribution < -0.4 is 14.9 Å². The lowest BCUT2D eigenvalue weighted by molar-refractivity contribution is -0.130.